The molecule has 0 saturated heterocycles. The fraction of sp³-hybridized carbons (Fsp3) is 0.227. The molecule has 2 aromatic carbocycles. The molecule has 0 atom stereocenters. The van der Waals surface area contributed by atoms with Crippen LogP contribution in [0, 0.1) is 0 Å². The van der Waals surface area contributed by atoms with Gasteiger partial charge in [-0.05, 0) is 22.8 Å². The molecule has 0 saturated carbocycles. The van der Waals surface area contributed by atoms with Gasteiger partial charge in [0, 0.05) is 31.8 Å². The van der Waals surface area contributed by atoms with Crippen LogP contribution in [0.5, 0.6) is 0 Å². The smallest absolute Gasteiger partial charge is 0.223 e. The third kappa shape index (κ3) is 4.01. The minimum Gasteiger partial charge on any atom is -0.338 e. The highest BCUT2D eigenvalue weighted by Gasteiger charge is 2.26. The van der Waals surface area contributed by atoms with Gasteiger partial charge in [-0.25, -0.2) is 0 Å². The van der Waals surface area contributed by atoms with Crippen LogP contribution in [0.25, 0.3) is 0 Å². The van der Waals surface area contributed by atoms with Crippen molar-refractivity contribution >= 4 is 17.5 Å². The van der Waals surface area contributed by atoms with Crippen LogP contribution < -0.4 is 0 Å². The number of nitrogens with zero attached hydrogens (tertiary/aromatic N) is 3. The molecule has 0 radical (unpaired) electrons. The Morgan fingerprint density at radius 3 is 2.26 bits per heavy atom. The molecule has 2 heterocycles. The van der Waals surface area contributed by atoms with Crippen LogP contribution >= 0.6 is 11.6 Å². The van der Waals surface area contributed by atoms with Gasteiger partial charge in [0.25, 0.3) is 0 Å². The molecule has 1 amide bonds. The number of hydrogen-bond acceptors (Lipinski definition) is 3. The lowest BCUT2D eigenvalue weighted by Crippen LogP contribution is -2.37. The van der Waals surface area contributed by atoms with Crippen molar-refractivity contribution in [3.63, 3.8) is 0 Å². The summed E-state index contributed by atoms with van der Waals surface area (Å²) in [7, 11) is 0. The Labute approximate surface area is 163 Å². The van der Waals surface area contributed by atoms with Gasteiger partial charge in [-0.2, -0.15) is 5.10 Å². The second-order valence-corrected chi connectivity index (χ2v) is 7.17. The largest absolute Gasteiger partial charge is 0.338 e. The summed E-state index contributed by atoms with van der Waals surface area (Å²) >= 11 is 5.97. The fourth-order valence-corrected chi connectivity index (χ4v) is 3.79. The van der Waals surface area contributed by atoms with Crippen molar-refractivity contribution in [2.24, 2.45) is 0 Å². The van der Waals surface area contributed by atoms with Crippen molar-refractivity contribution in [3.05, 3.63) is 94.3 Å². The molecule has 4 rings (SSSR count). The van der Waals surface area contributed by atoms with E-state index in [9.17, 15) is 4.79 Å². The van der Waals surface area contributed by atoms with E-state index in [1.807, 2.05) is 47.4 Å². The molecule has 1 aliphatic heterocycles. The standard InChI is InChI=1S/C22H20ClN3O/c23-21-13-18-15-26(12-11-20(18)24-25-21)22(27)14-19(16-7-3-1-4-8-16)17-9-5-2-6-10-17/h1-10,13,19H,11-12,14-15H2. The second kappa shape index (κ2) is 7.89. The van der Waals surface area contributed by atoms with Gasteiger partial charge in [0.1, 0.15) is 0 Å². The quantitative estimate of drug-likeness (QED) is 0.683. The molecule has 0 N–H and O–H groups in total. The van der Waals surface area contributed by atoms with Crippen molar-refractivity contribution in [1.29, 1.82) is 0 Å². The Morgan fingerprint density at radius 2 is 1.63 bits per heavy atom. The molecule has 27 heavy (non-hydrogen) atoms. The predicted octanol–water partition coefficient (Wildman–Crippen LogP) is 4.24. The molecule has 136 valence electrons. The van der Waals surface area contributed by atoms with Crippen molar-refractivity contribution in [1.82, 2.24) is 15.1 Å². The maximum absolute atomic E-state index is 13.1. The van der Waals surface area contributed by atoms with Gasteiger partial charge in [-0.15, -0.1) is 5.10 Å². The summed E-state index contributed by atoms with van der Waals surface area (Å²) < 4.78 is 0. The van der Waals surface area contributed by atoms with Gasteiger partial charge >= 0.3 is 0 Å². The van der Waals surface area contributed by atoms with Gasteiger partial charge in [0.05, 0.1) is 5.69 Å². The van der Waals surface area contributed by atoms with Crippen molar-refractivity contribution in [2.75, 3.05) is 6.54 Å². The first-order valence-corrected chi connectivity index (χ1v) is 9.47. The fourth-order valence-electron chi connectivity index (χ4n) is 3.62. The highest BCUT2D eigenvalue weighted by atomic mass is 35.5. The topological polar surface area (TPSA) is 46.1 Å². The van der Waals surface area contributed by atoms with Crippen LogP contribution in [0.3, 0.4) is 0 Å². The van der Waals surface area contributed by atoms with E-state index in [2.05, 4.69) is 34.5 Å². The Balaban J connectivity index is 1.56. The van der Waals surface area contributed by atoms with E-state index in [0.29, 0.717) is 31.1 Å². The first-order chi connectivity index (χ1) is 13.2. The van der Waals surface area contributed by atoms with Crippen molar-refractivity contribution in [3.8, 4) is 0 Å². The van der Waals surface area contributed by atoms with E-state index in [1.54, 1.807) is 0 Å². The summed E-state index contributed by atoms with van der Waals surface area (Å²) in [5.41, 5.74) is 4.24. The zero-order valence-corrected chi connectivity index (χ0v) is 15.6. The lowest BCUT2D eigenvalue weighted by molar-refractivity contribution is -0.132. The zero-order chi connectivity index (χ0) is 18.6. The number of carbonyl (C=O) groups excluding carboxylic acids is 1. The second-order valence-electron chi connectivity index (χ2n) is 6.78. The highest BCUT2D eigenvalue weighted by Crippen LogP contribution is 2.29. The molecule has 0 unspecified atom stereocenters. The monoisotopic (exact) mass is 377 g/mol. The number of hydrogen-bond donors (Lipinski definition) is 0. The average molecular weight is 378 g/mol. The Hall–Kier alpha value is -2.72. The first kappa shape index (κ1) is 17.7. The molecular formula is C22H20ClN3O. The first-order valence-electron chi connectivity index (χ1n) is 9.09. The molecule has 4 nitrogen and oxygen atoms in total. The van der Waals surface area contributed by atoms with Crippen LogP contribution in [0.2, 0.25) is 5.15 Å². The zero-order valence-electron chi connectivity index (χ0n) is 14.9. The van der Waals surface area contributed by atoms with E-state index in [-0.39, 0.29) is 11.8 Å². The summed E-state index contributed by atoms with van der Waals surface area (Å²) in [5.74, 6) is 0.187. The normalized spacial score (nSPS) is 13.5. The molecule has 0 aliphatic carbocycles. The molecule has 5 heteroatoms. The number of fused-ring (bicyclic) bond motifs is 1. The van der Waals surface area contributed by atoms with E-state index in [1.165, 1.54) is 0 Å². The third-order valence-electron chi connectivity index (χ3n) is 5.05. The molecular weight excluding hydrogens is 358 g/mol. The van der Waals surface area contributed by atoms with Gasteiger partial charge in [-0.1, -0.05) is 72.3 Å². The number of benzene rings is 2. The van der Waals surface area contributed by atoms with E-state index in [0.717, 1.165) is 22.4 Å². The number of amides is 1. The lowest BCUT2D eigenvalue weighted by Gasteiger charge is -2.29. The van der Waals surface area contributed by atoms with Crippen LogP contribution in [-0.2, 0) is 17.8 Å². The minimum absolute atomic E-state index is 0.0421. The summed E-state index contributed by atoms with van der Waals surface area (Å²) in [6, 6.07) is 22.3. The Morgan fingerprint density at radius 1 is 1.00 bits per heavy atom. The molecule has 1 aliphatic rings. The molecule has 0 fully saturated rings. The maximum atomic E-state index is 13.1. The van der Waals surface area contributed by atoms with Gasteiger partial charge in [0.15, 0.2) is 5.15 Å². The van der Waals surface area contributed by atoms with Gasteiger partial charge in [0.2, 0.25) is 5.91 Å². The highest BCUT2D eigenvalue weighted by molar-refractivity contribution is 6.29. The van der Waals surface area contributed by atoms with E-state index in [4.69, 9.17) is 11.6 Å². The van der Waals surface area contributed by atoms with Crippen LogP contribution in [0.1, 0.15) is 34.7 Å². The van der Waals surface area contributed by atoms with Gasteiger partial charge < -0.3 is 4.90 Å². The van der Waals surface area contributed by atoms with Crippen LogP contribution in [-0.4, -0.2) is 27.5 Å². The summed E-state index contributed by atoms with van der Waals surface area (Å²) in [6.07, 6.45) is 1.15. The maximum Gasteiger partial charge on any atom is 0.223 e. The SMILES string of the molecule is O=C(CC(c1ccccc1)c1ccccc1)N1CCc2nnc(Cl)cc2C1. The summed E-state index contributed by atoms with van der Waals surface area (Å²) in [6.45, 7) is 1.21. The van der Waals surface area contributed by atoms with E-state index < -0.39 is 0 Å². The number of aromatic nitrogens is 2. The number of halogens is 1. The summed E-state index contributed by atoms with van der Waals surface area (Å²) in [5, 5.41) is 8.42. The van der Waals surface area contributed by atoms with Crippen LogP contribution in [0.4, 0.5) is 0 Å². The minimum atomic E-state index is 0.0421. The summed E-state index contributed by atoms with van der Waals surface area (Å²) in [4.78, 5) is 15.0. The average Bonchev–Trinajstić information content (AvgIpc) is 2.72. The Kier molecular flexibility index (Phi) is 5.16. The van der Waals surface area contributed by atoms with Crippen molar-refractivity contribution < 1.29 is 4.79 Å². The van der Waals surface area contributed by atoms with Gasteiger partial charge in [-0.3, -0.25) is 4.79 Å². The lowest BCUT2D eigenvalue weighted by atomic mass is 9.88. The predicted molar refractivity (Wildman–Crippen MR) is 106 cm³/mol. The number of carbonyl (C=O) groups is 1. The van der Waals surface area contributed by atoms with E-state index >= 15 is 0 Å². The molecule has 1 aromatic heterocycles. The molecule has 0 spiro atoms. The molecule has 3 aromatic rings. The van der Waals surface area contributed by atoms with Crippen LogP contribution in [0.15, 0.2) is 66.7 Å². The molecule has 0 bridgehead atoms. The third-order valence-corrected chi connectivity index (χ3v) is 5.23. The Bertz CT molecular complexity index is 891. The number of rotatable bonds is 4. The van der Waals surface area contributed by atoms with Crippen molar-refractivity contribution in [2.45, 2.75) is 25.3 Å².